The molecule has 4 rings (SSSR count). The SMILES string of the molecule is NC(=O)c1c(-c2ccc(C(=O)Nc3cc(Br)ccn3)cc2)nc([C@@H]2CCCCN2C(=O)O)n1N. The Kier molecular flexibility index (Phi) is 6.50. The van der Waals surface area contributed by atoms with Crippen molar-refractivity contribution in [3.8, 4) is 11.3 Å². The van der Waals surface area contributed by atoms with Crippen LogP contribution in [0.3, 0.4) is 0 Å². The molecule has 1 atom stereocenters. The van der Waals surface area contributed by atoms with Crippen LogP contribution in [0.5, 0.6) is 0 Å². The van der Waals surface area contributed by atoms with E-state index in [9.17, 15) is 19.5 Å². The summed E-state index contributed by atoms with van der Waals surface area (Å²) in [5.74, 6) is 5.65. The number of carbonyl (C=O) groups excluding carboxylic acids is 2. The molecule has 0 saturated carbocycles. The molecular weight excluding hydrogens is 506 g/mol. The van der Waals surface area contributed by atoms with Gasteiger partial charge in [-0.1, -0.05) is 28.1 Å². The van der Waals surface area contributed by atoms with Gasteiger partial charge in [-0.3, -0.25) is 14.5 Å². The van der Waals surface area contributed by atoms with Gasteiger partial charge in [0.1, 0.15) is 11.5 Å². The van der Waals surface area contributed by atoms with Gasteiger partial charge in [0.05, 0.1) is 6.04 Å². The molecule has 1 saturated heterocycles. The van der Waals surface area contributed by atoms with Crippen LogP contribution in [-0.2, 0) is 0 Å². The smallest absolute Gasteiger partial charge is 0.407 e. The van der Waals surface area contributed by atoms with Crippen molar-refractivity contribution in [2.75, 3.05) is 17.7 Å². The Hall–Kier alpha value is -3.93. The lowest BCUT2D eigenvalue weighted by atomic mass is 10.0. The zero-order valence-electron chi connectivity index (χ0n) is 17.9. The standard InChI is InChI=1S/C22H22BrN7O4/c23-14-8-9-26-16(11-14)27-21(32)13-6-4-12(5-7-13)17-18(19(24)31)30(25)20(28-17)15-3-1-2-10-29(15)22(33)34/h4-9,11,15H,1-3,10,25H2,(H2,24,31)(H,33,34)(H,26,27,32)/t15-/m0/s1. The molecule has 1 fully saturated rings. The molecule has 12 heteroatoms. The predicted octanol–water partition coefficient (Wildman–Crippen LogP) is 2.98. The summed E-state index contributed by atoms with van der Waals surface area (Å²) in [6.07, 6.45) is 2.56. The summed E-state index contributed by atoms with van der Waals surface area (Å²) in [6, 6.07) is 9.22. The number of likely N-dealkylation sites (tertiary alicyclic amines) is 1. The van der Waals surface area contributed by atoms with Crippen molar-refractivity contribution in [2.24, 2.45) is 5.73 Å². The molecule has 1 aromatic carbocycles. The molecule has 3 aromatic rings. The number of carboxylic acid groups (broad SMARTS) is 1. The number of anilines is 1. The number of aromatic nitrogens is 3. The van der Waals surface area contributed by atoms with Gasteiger partial charge in [-0.2, -0.15) is 0 Å². The number of halogens is 1. The van der Waals surface area contributed by atoms with Gasteiger partial charge in [-0.25, -0.2) is 19.4 Å². The fourth-order valence-corrected chi connectivity index (χ4v) is 4.33. The lowest BCUT2D eigenvalue weighted by Gasteiger charge is -2.32. The number of nitrogen functional groups attached to an aromatic ring is 1. The van der Waals surface area contributed by atoms with E-state index in [-0.39, 0.29) is 23.1 Å². The molecular formula is C22H22BrN7O4. The molecule has 176 valence electrons. The first-order valence-electron chi connectivity index (χ1n) is 10.5. The third kappa shape index (κ3) is 4.57. The minimum atomic E-state index is -1.08. The number of imidazole rings is 1. The van der Waals surface area contributed by atoms with Crippen molar-refractivity contribution in [2.45, 2.75) is 25.3 Å². The summed E-state index contributed by atoms with van der Waals surface area (Å²) in [6.45, 7) is 0.352. The largest absolute Gasteiger partial charge is 0.465 e. The molecule has 0 bridgehead atoms. The van der Waals surface area contributed by atoms with Crippen LogP contribution in [0, 0.1) is 0 Å². The number of rotatable bonds is 5. The van der Waals surface area contributed by atoms with Crippen LogP contribution in [0.2, 0.25) is 0 Å². The highest BCUT2D eigenvalue weighted by Crippen LogP contribution is 2.33. The fourth-order valence-electron chi connectivity index (χ4n) is 3.99. The van der Waals surface area contributed by atoms with Gasteiger partial charge >= 0.3 is 6.09 Å². The van der Waals surface area contributed by atoms with Gasteiger partial charge in [-0.15, -0.1) is 0 Å². The van der Waals surface area contributed by atoms with Gasteiger partial charge < -0.3 is 22.0 Å². The van der Waals surface area contributed by atoms with Gasteiger partial charge in [0.25, 0.3) is 11.8 Å². The van der Waals surface area contributed by atoms with Crippen LogP contribution < -0.4 is 16.9 Å². The van der Waals surface area contributed by atoms with E-state index in [4.69, 9.17) is 11.6 Å². The second-order valence-electron chi connectivity index (χ2n) is 7.78. The predicted molar refractivity (Wildman–Crippen MR) is 128 cm³/mol. The number of piperidine rings is 1. The molecule has 0 unspecified atom stereocenters. The summed E-state index contributed by atoms with van der Waals surface area (Å²) >= 11 is 3.33. The van der Waals surface area contributed by atoms with E-state index in [2.05, 4.69) is 31.2 Å². The Morgan fingerprint density at radius 3 is 2.53 bits per heavy atom. The number of carbonyl (C=O) groups is 3. The normalized spacial score (nSPS) is 15.7. The molecule has 1 aliphatic rings. The summed E-state index contributed by atoms with van der Waals surface area (Å²) < 4.78 is 1.85. The first kappa shape index (κ1) is 23.2. The quantitative estimate of drug-likeness (QED) is 0.369. The third-order valence-electron chi connectivity index (χ3n) is 5.60. The maximum absolute atomic E-state index is 12.6. The second kappa shape index (κ2) is 9.51. The number of pyridine rings is 1. The first-order valence-corrected chi connectivity index (χ1v) is 11.3. The number of hydrogen-bond donors (Lipinski definition) is 4. The van der Waals surface area contributed by atoms with E-state index in [1.54, 1.807) is 42.6 Å². The second-order valence-corrected chi connectivity index (χ2v) is 8.70. The zero-order chi connectivity index (χ0) is 24.4. The number of nitrogens with zero attached hydrogens (tertiary/aromatic N) is 4. The van der Waals surface area contributed by atoms with Crippen LogP contribution in [-0.4, -0.2) is 49.1 Å². The third-order valence-corrected chi connectivity index (χ3v) is 6.10. The summed E-state index contributed by atoms with van der Waals surface area (Å²) in [5.41, 5.74) is 6.64. The molecule has 0 radical (unpaired) electrons. The van der Waals surface area contributed by atoms with Crippen LogP contribution in [0.15, 0.2) is 47.1 Å². The van der Waals surface area contributed by atoms with E-state index >= 15 is 0 Å². The molecule has 0 spiro atoms. The van der Waals surface area contributed by atoms with E-state index in [1.807, 2.05) is 0 Å². The average molecular weight is 528 g/mol. The van der Waals surface area contributed by atoms with Crippen LogP contribution in [0.1, 0.15) is 52.0 Å². The fraction of sp³-hybridized carbons (Fsp3) is 0.227. The van der Waals surface area contributed by atoms with Gasteiger partial charge in [-0.05, 0) is 43.5 Å². The number of nitrogens with two attached hydrogens (primary N) is 2. The maximum atomic E-state index is 12.6. The van der Waals surface area contributed by atoms with Crippen molar-refractivity contribution in [1.29, 1.82) is 0 Å². The van der Waals surface area contributed by atoms with Crippen LogP contribution in [0.25, 0.3) is 11.3 Å². The highest BCUT2D eigenvalue weighted by Gasteiger charge is 2.34. The van der Waals surface area contributed by atoms with Crippen molar-refractivity contribution in [3.05, 3.63) is 64.1 Å². The highest BCUT2D eigenvalue weighted by molar-refractivity contribution is 9.10. The topological polar surface area (TPSA) is 169 Å². The van der Waals surface area contributed by atoms with E-state index in [1.165, 1.54) is 4.90 Å². The summed E-state index contributed by atoms with van der Waals surface area (Å²) in [5, 5.41) is 12.3. The van der Waals surface area contributed by atoms with Crippen molar-refractivity contribution < 1.29 is 19.5 Å². The molecule has 6 N–H and O–H groups in total. The van der Waals surface area contributed by atoms with Gasteiger partial charge in [0.2, 0.25) is 0 Å². The van der Waals surface area contributed by atoms with E-state index in [0.717, 1.165) is 22.0 Å². The maximum Gasteiger partial charge on any atom is 0.407 e. The van der Waals surface area contributed by atoms with Crippen LogP contribution in [0.4, 0.5) is 10.6 Å². The number of nitrogens with one attached hydrogen (secondary N) is 1. The number of benzene rings is 1. The summed E-state index contributed by atoms with van der Waals surface area (Å²) in [7, 11) is 0. The zero-order valence-corrected chi connectivity index (χ0v) is 19.5. The Morgan fingerprint density at radius 1 is 1.15 bits per heavy atom. The Balaban J connectivity index is 1.65. The van der Waals surface area contributed by atoms with Crippen LogP contribution >= 0.6 is 15.9 Å². The number of hydrogen-bond acceptors (Lipinski definition) is 6. The minimum Gasteiger partial charge on any atom is -0.465 e. The lowest BCUT2D eigenvalue weighted by Crippen LogP contribution is -2.39. The molecule has 1 aliphatic heterocycles. The van der Waals surface area contributed by atoms with E-state index < -0.39 is 18.0 Å². The van der Waals surface area contributed by atoms with Gasteiger partial charge in [0.15, 0.2) is 11.5 Å². The first-order chi connectivity index (χ1) is 16.3. The molecule has 0 aliphatic carbocycles. The van der Waals surface area contributed by atoms with Crippen molar-refractivity contribution >= 4 is 39.7 Å². The average Bonchev–Trinajstić information content (AvgIpc) is 3.16. The Bertz CT molecular complexity index is 1260. The Morgan fingerprint density at radius 2 is 1.88 bits per heavy atom. The molecule has 11 nitrogen and oxygen atoms in total. The summed E-state index contributed by atoms with van der Waals surface area (Å²) in [4.78, 5) is 46.4. The number of amides is 3. The molecule has 3 heterocycles. The monoisotopic (exact) mass is 527 g/mol. The molecule has 2 aromatic heterocycles. The van der Waals surface area contributed by atoms with Crippen molar-refractivity contribution in [3.63, 3.8) is 0 Å². The minimum absolute atomic E-state index is 0.0403. The Labute approximate surface area is 202 Å². The highest BCUT2D eigenvalue weighted by atomic mass is 79.9. The van der Waals surface area contributed by atoms with E-state index in [0.29, 0.717) is 29.9 Å². The van der Waals surface area contributed by atoms with Gasteiger partial charge in [0, 0.05) is 28.3 Å². The van der Waals surface area contributed by atoms with Crippen molar-refractivity contribution in [1.82, 2.24) is 19.5 Å². The number of primary amides is 1. The molecule has 3 amide bonds. The lowest BCUT2D eigenvalue weighted by molar-refractivity contribution is 0.0986. The molecule has 34 heavy (non-hydrogen) atoms.